The Morgan fingerprint density at radius 1 is 0.882 bits per heavy atom. The van der Waals surface area contributed by atoms with Gasteiger partial charge < -0.3 is 19.7 Å². The largest absolute Gasteiger partial charge is 0.490 e. The molecule has 1 aliphatic carbocycles. The Hall–Kier alpha value is -3.71. The van der Waals surface area contributed by atoms with E-state index in [9.17, 15) is 0 Å². The molecule has 0 radical (unpaired) electrons. The number of aryl methyl sites for hydroxylation is 1. The van der Waals surface area contributed by atoms with Crippen molar-refractivity contribution in [3.8, 4) is 28.9 Å². The van der Waals surface area contributed by atoms with Crippen molar-refractivity contribution in [1.29, 1.82) is 0 Å². The second-order valence-electron chi connectivity index (χ2n) is 9.25. The number of pyridine rings is 1. The molecule has 0 unspecified atom stereocenters. The molecule has 2 heterocycles. The average molecular weight is 457 g/mol. The highest BCUT2D eigenvalue weighted by molar-refractivity contribution is 5.49. The number of hydrogen-bond donors (Lipinski definition) is 1. The standard InChI is InChI=1S/C27H28N4O3/c1-17-29-26(31-34-17)24-5-4-6-25(30-24)33-22-13-9-19(10-14-22)27(2,3)18-7-11-21(12-8-18)32-23-15-20(28)16-23/h4-14,20,23H,15-16,28H2,1-3H3/t20-,23-. The first kappa shape index (κ1) is 22.1. The average Bonchev–Trinajstić information content (AvgIpc) is 3.25. The highest BCUT2D eigenvalue weighted by atomic mass is 16.5. The quantitative estimate of drug-likeness (QED) is 0.396. The molecule has 2 N–H and O–H groups in total. The maximum absolute atomic E-state index is 5.99. The van der Waals surface area contributed by atoms with Crippen LogP contribution in [-0.4, -0.2) is 27.3 Å². The Labute approximate surface area is 198 Å². The lowest BCUT2D eigenvalue weighted by molar-refractivity contribution is 0.101. The topological polar surface area (TPSA) is 96.3 Å². The molecule has 4 aromatic rings. The van der Waals surface area contributed by atoms with Crippen molar-refractivity contribution < 1.29 is 14.0 Å². The molecule has 7 heteroatoms. The summed E-state index contributed by atoms with van der Waals surface area (Å²) in [6, 6.07) is 22.2. The molecule has 2 aromatic heterocycles. The fourth-order valence-electron chi connectivity index (χ4n) is 4.07. The van der Waals surface area contributed by atoms with E-state index >= 15 is 0 Å². The lowest BCUT2D eigenvalue weighted by atomic mass is 9.78. The van der Waals surface area contributed by atoms with Crippen molar-refractivity contribution in [2.24, 2.45) is 5.73 Å². The van der Waals surface area contributed by atoms with Gasteiger partial charge in [-0.1, -0.05) is 49.3 Å². The van der Waals surface area contributed by atoms with E-state index in [1.54, 1.807) is 13.0 Å². The summed E-state index contributed by atoms with van der Waals surface area (Å²) in [5.41, 5.74) is 8.67. The van der Waals surface area contributed by atoms with Crippen LogP contribution in [0.1, 0.15) is 43.7 Å². The van der Waals surface area contributed by atoms with Gasteiger partial charge in [-0.15, -0.1) is 0 Å². The van der Waals surface area contributed by atoms with Crippen LogP contribution < -0.4 is 15.2 Å². The molecule has 0 atom stereocenters. The molecule has 2 aromatic carbocycles. The predicted molar refractivity (Wildman–Crippen MR) is 129 cm³/mol. The van der Waals surface area contributed by atoms with E-state index in [4.69, 9.17) is 19.7 Å². The van der Waals surface area contributed by atoms with Crippen LogP contribution in [0.5, 0.6) is 17.4 Å². The van der Waals surface area contributed by atoms with Crippen LogP contribution in [0.4, 0.5) is 0 Å². The van der Waals surface area contributed by atoms with Crippen LogP contribution in [0.2, 0.25) is 0 Å². The third-order valence-corrected chi connectivity index (χ3v) is 6.29. The van der Waals surface area contributed by atoms with Crippen molar-refractivity contribution in [2.45, 2.75) is 51.2 Å². The number of hydrogen-bond acceptors (Lipinski definition) is 7. The fraction of sp³-hybridized carbons (Fsp3) is 0.296. The zero-order valence-corrected chi connectivity index (χ0v) is 19.6. The van der Waals surface area contributed by atoms with Crippen LogP contribution in [0.3, 0.4) is 0 Å². The minimum absolute atomic E-state index is 0.176. The Balaban J connectivity index is 1.27. The molecule has 1 saturated carbocycles. The van der Waals surface area contributed by atoms with Gasteiger partial charge in [-0.2, -0.15) is 4.98 Å². The van der Waals surface area contributed by atoms with Crippen LogP contribution >= 0.6 is 0 Å². The Morgan fingerprint density at radius 3 is 2.12 bits per heavy atom. The van der Waals surface area contributed by atoms with Gasteiger partial charge in [0.2, 0.25) is 17.6 Å². The second-order valence-corrected chi connectivity index (χ2v) is 9.25. The SMILES string of the molecule is Cc1nc(-c2cccc(Oc3ccc(C(C)(C)c4ccc(O[C@H]5C[C@H](N)C5)cc4)cc3)n2)no1. The summed E-state index contributed by atoms with van der Waals surface area (Å²) in [5.74, 6) is 3.00. The van der Waals surface area contributed by atoms with Crippen LogP contribution in [0.25, 0.3) is 11.5 Å². The molecule has 34 heavy (non-hydrogen) atoms. The Kier molecular flexibility index (Phi) is 5.79. The first-order chi connectivity index (χ1) is 16.4. The third kappa shape index (κ3) is 4.65. The molecule has 174 valence electrons. The first-order valence-electron chi connectivity index (χ1n) is 11.5. The normalized spacial score (nSPS) is 17.8. The number of nitrogens with two attached hydrogens (primary N) is 1. The summed E-state index contributed by atoms with van der Waals surface area (Å²) in [5, 5.41) is 3.91. The maximum Gasteiger partial charge on any atom is 0.223 e. The number of aromatic nitrogens is 3. The molecule has 0 saturated heterocycles. The van der Waals surface area contributed by atoms with Gasteiger partial charge >= 0.3 is 0 Å². The summed E-state index contributed by atoms with van der Waals surface area (Å²) in [7, 11) is 0. The molecule has 7 nitrogen and oxygen atoms in total. The van der Waals surface area contributed by atoms with E-state index in [1.165, 1.54) is 11.1 Å². The monoisotopic (exact) mass is 456 g/mol. The number of nitrogens with zero attached hydrogens (tertiary/aromatic N) is 3. The fourth-order valence-corrected chi connectivity index (χ4v) is 4.07. The van der Waals surface area contributed by atoms with Gasteiger partial charge in [0.25, 0.3) is 0 Å². The van der Waals surface area contributed by atoms with Crippen molar-refractivity contribution in [3.63, 3.8) is 0 Å². The van der Waals surface area contributed by atoms with Crippen LogP contribution in [-0.2, 0) is 5.41 Å². The zero-order chi connectivity index (χ0) is 23.7. The molecule has 0 bridgehead atoms. The third-order valence-electron chi connectivity index (χ3n) is 6.29. The van der Waals surface area contributed by atoms with Crippen LogP contribution in [0.15, 0.2) is 71.3 Å². The Bertz CT molecular complexity index is 1260. The van der Waals surface area contributed by atoms with Crippen molar-refractivity contribution in [3.05, 3.63) is 83.7 Å². The van der Waals surface area contributed by atoms with E-state index < -0.39 is 0 Å². The summed E-state index contributed by atoms with van der Waals surface area (Å²) in [4.78, 5) is 8.70. The summed E-state index contributed by atoms with van der Waals surface area (Å²) >= 11 is 0. The first-order valence-corrected chi connectivity index (χ1v) is 11.5. The summed E-state index contributed by atoms with van der Waals surface area (Å²) in [6.45, 7) is 6.16. The molecule has 0 spiro atoms. The predicted octanol–water partition coefficient (Wildman–Crippen LogP) is 5.43. The number of ether oxygens (including phenoxy) is 2. The van der Waals surface area contributed by atoms with Crippen molar-refractivity contribution >= 4 is 0 Å². The minimum atomic E-state index is -0.176. The van der Waals surface area contributed by atoms with Crippen molar-refractivity contribution in [2.75, 3.05) is 0 Å². The minimum Gasteiger partial charge on any atom is -0.490 e. The highest BCUT2D eigenvalue weighted by Crippen LogP contribution is 2.34. The second kappa shape index (κ2) is 8.91. The maximum atomic E-state index is 5.99. The van der Waals surface area contributed by atoms with E-state index in [0.29, 0.717) is 29.0 Å². The smallest absolute Gasteiger partial charge is 0.223 e. The van der Waals surface area contributed by atoms with Gasteiger partial charge in [-0.3, -0.25) is 0 Å². The number of benzene rings is 2. The lowest BCUT2D eigenvalue weighted by Gasteiger charge is -2.33. The van der Waals surface area contributed by atoms with E-state index in [1.807, 2.05) is 36.4 Å². The molecule has 0 aliphatic heterocycles. The van der Waals surface area contributed by atoms with Gasteiger partial charge in [-0.25, -0.2) is 4.98 Å². The van der Waals surface area contributed by atoms with Gasteiger partial charge in [0.15, 0.2) is 0 Å². The number of rotatable bonds is 7. The van der Waals surface area contributed by atoms with Gasteiger partial charge in [0.05, 0.1) is 0 Å². The summed E-state index contributed by atoms with van der Waals surface area (Å²) < 4.78 is 17.0. The van der Waals surface area contributed by atoms with E-state index in [-0.39, 0.29) is 17.6 Å². The van der Waals surface area contributed by atoms with E-state index in [2.05, 4.69) is 53.2 Å². The Morgan fingerprint density at radius 2 is 1.53 bits per heavy atom. The molecular formula is C27H28N4O3. The van der Waals surface area contributed by atoms with E-state index in [0.717, 1.165) is 18.6 Å². The molecular weight excluding hydrogens is 428 g/mol. The van der Waals surface area contributed by atoms with Crippen molar-refractivity contribution in [1.82, 2.24) is 15.1 Å². The molecule has 1 fully saturated rings. The van der Waals surface area contributed by atoms with Gasteiger partial charge in [0.1, 0.15) is 23.3 Å². The summed E-state index contributed by atoms with van der Waals surface area (Å²) in [6.07, 6.45) is 2.10. The molecule has 1 aliphatic rings. The highest BCUT2D eigenvalue weighted by Gasteiger charge is 2.28. The molecule has 5 rings (SSSR count). The zero-order valence-electron chi connectivity index (χ0n) is 19.6. The van der Waals surface area contributed by atoms with Gasteiger partial charge in [-0.05, 0) is 54.3 Å². The molecule has 0 amide bonds. The van der Waals surface area contributed by atoms with Crippen LogP contribution in [0, 0.1) is 6.92 Å². The van der Waals surface area contributed by atoms with Gasteiger partial charge in [0, 0.05) is 24.4 Å². The lowest BCUT2D eigenvalue weighted by Crippen LogP contribution is -2.43.